The van der Waals surface area contributed by atoms with Crippen LogP contribution in [0.15, 0.2) is 24.3 Å². The van der Waals surface area contributed by atoms with Crippen LogP contribution >= 0.6 is 0 Å². The van der Waals surface area contributed by atoms with Crippen LogP contribution in [0.1, 0.15) is 29.9 Å². The van der Waals surface area contributed by atoms with E-state index < -0.39 is 0 Å². The Morgan fingerprint density at radius 2 is 2.21 bits per heavy atom. The van der Waals surface area contributed by atoms with Crippen LogP contribution in [-0.4, -0.2) is 28.2 Å². The SMILES string of the molecule is Cc1cc(C)n(CC(=O)N[C@H](C)c2ccc3c(c2)NC(=O)CO3)n1. The first-order chi connectivity index (χ1) is 11.4. The third-order valence-electron chi connectivity index (χ3n) is 3.91. The van der Waals surface area contributed by atoms with Gasteiger partial charge in [0, 0.05) is 5.69 Å². The number of nitrogens with zero attached hydrogens (tertiary/aromatic N) is 2. The first kappa shape index (κ1) is 16.0. The number of carbonyl (C=O) groups is 2. The van der Waals surface area contributed by atoms with Crippen LogP contribution in [0.25, 0.3) is 0 Å². The average Bonchev–Trinajstić information content (AvgIpc) is 2.83. The van der Waals surface area contributed by atoms with E-state index in [4.69, 9.17) is 4.74 Å². The van der Waals surface area contributed by atoms with E-state index >= 15 is 0 Å². The summed E-state index contributed by atoms with van der Waals surface area (Å²) >= 11 is 0. The molecule has 1 aromatic heterocycles. The summed E-state index contributed by atoms with van der Waals surface area (Å²) in [7, 11) is 0. The normalized spacial score (nSPS) is 14.4. The van der Waals surface area contributed by atoms with Crippen molar-refractivity contribution in [3.8, 4) is 5.75 Å². The molecule has 2 aromatic rings. The number of amides is 2. The van der Waals surface area contributed by atoms with Crippen LogP contribution in [0.5, 0.6) is 5.75 Å². The molecular formula is C17H20N4O3. The van der Waals surface area contributed by atoms with E-state index in [0.717, 1.165) is 17.0 Å². The molecule has 2 amide bonds. The maximum Gasteiger partial charge on any atom is 0.262 e. The summed E-state index contributed by atoms with van der Waals surface area (Å²) in [5, 5.41) is 10.0. The Hall–Kier alpha value is -2.83. The van der Waals surface area contributed by atoms with Crippen molar-refractivity contribution in [2.75, 3.05) is 11.9 Å². The van der Waals surface area contributed by atoms with E-state index in [9.17, 15) is 9.59 Å². The summed E-state index contributed by atoms with van der Waals surface area (Å²) < 4.78 is 7.01. The van der Waals surface area contributed by atoms with Crippen LogP contribution in [-0.2, 0) is 16.1 Å². The maximum absolute atomic E-state index is 12.2. The van der Waals surface area contributed by atoms with Crippen molar-refractivity contribution in [3.63, 3.8) is 0 Å². The number of rotatable bonds is 4. The lowest BCUT2D eigenvalue weighted by Gasteiger charge is -2.21. The van der Waals surface area contributed by atoms with E-state index in [0.29, 0.717) is 11.4 Å². The van der Waals surface area contributed by atoms with Crippen molar-refractivity contribution in [2.45, 2.75) is 33.4 Å². The van der Waals surface area contributed by atoms with Gasteiger partial charge in [-0.2, -0.15) is 5.10 Å². The van der Waals surface area contributed by atoms with Crippen molar-refractivity contribution in [1.29, 1.82) is 0 Å². The maximum atomic E-state index is 12.2. The van der Waals surface area contributed by atoms with Gasteiger partial charge in [-0.05, 0) is 44.5 Å². The van der Waals surface area contributed by atoms with Crippen LogP contribution in [0.3, 0.4) is 0 Å². The highest BCUT2D eigenvalue weighted by atomic mass is 16.5. The van der Waals surface area contributed by atoms with Gasteiger partial charge in [-0.3, -0.25) is 14.3 Å². The van der Waals surface area contributed by atoms with E-state index in [-0.39, 0.29) is 31.0 Å². The predicted octanol–water partition coefficient (Wildman–Crippen LogP) is 1.71. The van der Waals surface area contributed by atoms with Gasteiger partial charge in [0.25, 0.3) is 5.91 Å². The Morgan fingerprint density at radius 1 is 1.42 bits per heavy atom. The summed E-state index contributed by atoms with van der Waals surface area (Å²) in [6.45, 7) is 5.92. The number of anilines is 1. The largest absolute Gasteiger partial charge is 0.482 e. The molecule has 24 heavy (non-hydrogen) atoms. The molecule has 7 nitrogen and oxygen atoms in total. The third-order valence-corrected chi connectivity index (χ3v) is 3.91. The monoisotopic (exact) mass is 328 g/mol. The molecule has 2 heterocycles. The summed E-state index contributed by atoms with van der Waals surface area (Å²) in [5.74, 6) is 0.340. The van der Waals surface area contributed by atoms with Gasteiger partial charge in [-0.15, -0.1) is 0 Å². The Labute approximate surface area is 140 Å². The molecule has 0 aliphatic carbocycles. The minimum absolute atomic E-state index is 0.0290. The van der Waals surface area contributed by atoms with Crippen LogP contribution in [0.2, 0.25) is 0 Å². The molecule has 1 aliphatic heterocycles. The number of carbonyl (C=O) groups excluding carboxylic acids is 2. The number of hydrogen-bond acceptors (Lipinski definition) is 4. The lowest BCUT2D eigenvalue weighted by molar-refractivity contribution is -0.122. The highest BCUT2D eigenvalue weighted by molar-refractivity contribution is 5.95. The predicted molar refractivity (Wildman–Crippen MR) is 88.8 cm³/mol. The first-order valence-corrected chi connectivity index (χ1v) is 7.79. The molecule has 1 aromatic carbocycles. The molecule has 1 aliphatic rings. The van der Waals surface area contributed by atoms with Gasteiger partial charge in [0.05, 0.1) is 17.4 Å². The number of benzene rings is 1. The lowest BCUT2D eigenvalue weighted by Crippen LogP contribution is -2.31. The average molecular weight is 328 g/mol. The van der Waals surface area contributed by atoms with E-state index in [1.807, 2.05) is 39.0 Å². The zero-order valence-electron chi connectivity index (χ0n) is 13.9. The second-order valence-corrected chi connectivity index (χ2v) is 5.97. The summed E-state index contributed by atoms with van der Waals surface area (Å²) in [5.41, 5.74) is 3.35. The Morgan fingerprint density at radius 3 is 2.92 bits per heavy atom. The second kappa shape index (κ2) is 6.35. The lowest BCUT2D eigenvalue weighted by atomic mass is 10.1. The van der Waals surface area contributed by atoms with Crippen molar-refractivity contribution in [2.24, 2.45) is 0 Å². The number of aryl methyl sites for hydroxylation is 2. The quantitative estimate of drug-likeness (QED) is 0.895. The first-order valence-electron chi connectivity index (χ1n) is 7.79. The molecule has 0 saturated heterocycles. The van der Waals surface area contributed by atoms with Crippen molar-refractivity contribution < 1.29 is 14.3 Å². The Bertz CT molecular complexity index is 797. The second-order valence-electron chi connectivity index (χ2n) is 5.97. The summed E-state index contributed by atoms with van der Waals surface area (Å²) in [6, 6.07) is 7.24. The zero-order valence-corrected chi connectivity index (χ0v) is 13.9. The molecule has 0 bridgehead atoms. The van der Waals surface area contributed by atoms with Gasteiger partial charge in [0.1, 0.15) is 12.3 Å². The van der Waals surface area contributed by atoms with Gasteiger partial charge < -0.3 is 15.4 Å². The van der Waals surface area contributed by atoms with Crippen molar-refractivity contribution in [3.05, 3.63) is 41.2 Å². The zero-order chi connectivity index (χ0) is 17.3. The molecule has 1 atom stereocenters. The third kappa shape index (κ3) is 3.40. The van der Waals surface area contributed by atoms with Crippen LogP contribution in [0.4, 0.5) is 5.69 Å². The minimum atomic E-state index is -0.196. The van der Waals surface area contributed by atoms with Gasteiger partial charge in [-0.1, -0.05) is 6.07 Å². The highest BCUT2D eigenvalue weighted by Gasteiger charge is 2.18. The van der Waals surface area contributed by atoms with Gasteiger partial charge in [-0.25, -0.2) is 0 Å². The molecule has 7 heteroatoms. The van der Waals surface area contributed by atoms with E-state index in [1.165, 1.54) is 0 Å². The Balaban J connectivity index is 1.67. The standard InChI is InChI=1S/C17H20N4O3/c1-10-6-11(2)21(20-10)8-16(22)18-12(3)13-4-5-15-14(7-13)19-17(23)9-24-15/h4-7,12H,8-9H2,1-3H3,(H,18,22)(H,19,23)/t12-/m1/s1. The number of aromatic nitrogens is 2. The van der Waals surface area contributed by atoms with Crippen LogP contribution in [0, 0.1) is 13.8 Å². The molecule has 126 valence electrons. The fraction of sp³-hybridized carbons (Fsp3) is 0.353. The number of hydrogen-bond donors (Lipinski definition) is 2. The van der Waals surface area contributed by atoms with Crippen molar-refractivity contribution in [1.82, 2.24) is 15.1 Å². The smallest absolute Gasteiger partial charge is 0.262 e. The van der Waals surface area contributed by atoms with Gasteiger partial charge in [0.15, 0.2) is 6.61 Å². The fourth-order valence-electron chi connectivity index (χ4n) is 2.71. The van der Waals surface area contributed by atoms with E-state index in [2.05, 4.69) is 15.7 Å². The van der Waals surface area contributed by atoms with Gasteiger partial charge >= 0.3 is 0 Å². The van der Waals surface area contributed by atoms with Crippen molar-refractivity contribution >= 4 is 17.5 Å². The number of nitrogens with one attached hydrogen (secondary N) is 2. The molecule has 0 unspecified atom stereocenters. The highest BCUT2D eigenvalue weighted by Crippen LogP contribution is 2.30. The molecule has 2 N–H and O–H groups in total. The number of ether oxygens (including phenoxy) is 1. The molecule has 0 radical (unpaired) electrons. The molecular weight excluding hydrogens is 308 g/mol. The van der Waals surface area contributed by atoms with Crippen LogP contribution < -0.4 is 15.4 Å². The minimum Gasteiger partial charge on any atom is -0.482 e. The summed E-state index contributed by atoms with van der Waals surface area (Å²) in [4.78, 5) is 23.6. The van der Waals surface area contributed by atoms with Gasteiger partial charge in [0.2, 0.25) is 5.91 Å². The van der Waals surface area contributed by atoms with E-state index in [1.54, 1.807) is 10.7 Å². The topological polar surface area (TPSA) is 85.2 Å². The molecule has 0 spiro atoms. The molecule has 3 rings (SSSR count). The Kier molecular flexibility index (Phi) is 4.24. The number of fused-ring (bicyclic) bond motifs is 1. The fourth-order valence-corrected chi connectivity index (χ4v) is 2.71. The molecule has 0 fully saturated rings. The molecule has 0 saturated carbocycles. The summed E-state index contributed by atoms with van der Waals surface area (Å²) in [6.07, 6.45) is 0.